The van der Waals surface area contributed by atoms with Crippen LogP contribution in [0.3, 0.4) is 0 Å². The summed E-state index contributed by atoms with van der Waals surface area (Å²) in [6.45, 7) is 2.32. The molecular weight excluding hydrogens is 683 g/mol. The van der Waals surface area contributed by atoms with Crippen molar-refractivity contribution in [3.8, 4) is 0 Å². The zero-order chi connectivity index (χ0) is 37.5. The Kier molecular flexibility index (Phi) is 10.6. The van der Waals surface area contributed by atoms with Gasteiger partial charge < -0.3 is 0 Å². The molecule has 0 aliphatic heterocycles. The molecule has 55 heavy (non-hydrogen) atoms. The van der Waals surface area contributed by atoms with Crippen LogP contribution in [0.2, 0.25) is 6.32 Å². The van der Waals surface area contributed by atoms with Crippen LogP contribution in [0.15, 0.2) is 233 Å². The molecule has 0 aromatic heterocycles. The molecule has 0 bridgehead atoms. The van der Waals surface area contributed by atoms with E-state index >= 15 is 0 Å². The second kappa shape index (κ2) is 16.1. The van der Waals surface area contributed by atoms with Crippen LogP contribution >= 0.6 is 0 Å². The third kappa shape index (κ3) is 6.82. The Bertz CT molecular complexity index is 2420. The lowest BCUT2D eigenvalue weighted by molar-refractivity contribution is 0.584. The van der Waals surface area contributed by atoms with E-state index < -0.39 is 16.1 Å². The molecule has 0 saturated carbocycles. The van der Waals surface area contributed by atoms with Crippen molar-refractivity contribution in [2.24, 2.45) is 0 Å². The average Bonchev–Trinajstić information content (AvgIpc) is 3.27. The molecular formula is C52H45BOS. The highest BCUT2D eigenvalue weighted by Crippen LogP contribution is 2.36. The third-order valence-electron chi connectivity index (χ3n) is 11.3. The molecule has 0 unspecified atom stereocenters. The fraction of sp³-hybridized carbons (Fsp3) is 0.0769. The lowest BCUT2D eigenvalue weighted by Crippen LogP contribution is -2.67. The van der Waals surface area contributed by atoms with E-state index in [0.29, 0.717) is 0 Å². The van der Waals surface area contributed by atoms with Gasteiger partial charge in [0.15, 0.2) is 24.6 Å². The first kappa shape index (κ1) is 36.0. The summed E-state index contributed by atoms with van der Waals surface area (Å²) >= 11 is 0. The van der Waals surface area contributed by atoms with Crippen LogP contribution in [0.4, 0.5) is 0 Å². The Labute approximate surface area is 326 Å². The molecule has 0 radical (unpaired) electrons. The molecule has 0 aliphatic carbocycles. The van der Waals surface area contributed by atoms with E-state index in [-0.39, 0.29) is 0 Å². The summed E-state index contributed by atoms with van der Waals surface area (Å²) < 4.78 is 13.8. The summed E-state index contributed by atoms with van der Waals surface area (Å²) in [5.41, 5.74) is 4.39. The van der Waals surface area contributed by atoms with Gasteiger partial charge in [0.25, 0.3) is 0 Å². The van der Waals surface area contributed by atoms with Gasteiger partial charge in [-0.1, -0.05) is 222 Å². The molecule has 268 valence electrons. The number of fused-ring (bicyclic) bond motifs is 3. The van der Waals surface area contributed by atoms with E-state index in [1.165, 1.54) is 61.5 Å². The quantitative estimate of drug-likeness (QED) is 0.107. The van der Waals surface area contributed by atoms with Crippen LogP contribution in [-0.4, -0.2) is 6.15 Å². The predicted octanol–water partition coefficient (Wildman–Crippen LogP) is 12.1. The number of rotatable bonds is 9. The maximum Gasteiger partial charge on any atom is 0.182 e. The first-order valence-electron chi connectivity index (χ1n) is 19.5. The van der Waals surface area contributed by atoms with Gasteiger partial charge in [0.1, 0.15) is 0 Å². The fourth-order valence-corrected chi connectivity index (χ4v) is 11.2. The summed E-state index contributed by atoms with van der Waals surface area (Å²) in [7, 11) is -2.43. The van der Waals surface area contributed by atoms with Gasteiger partial charge in [-0.3, -0.25) is 0 Å². The van der Waals surface area contributed by atoms with Gasteiger partial charge in [0, 0.05) is 0 Å². The van der Waals surface area contributed by atoms with Crippen molar-refractivity contribution in [2.75, 3.05) is 0 Å². The highest BCUT2D eigenvalue weighted by molar-refractivity contribution is 8.03. The minimum absolute atomic E-state index is 0.845. The zero-order valence-electron chi connectivity index (χ0n) is 31.3. The molecule has 3 heteroatoms. The van der Waals surface area contributed by atoms with E-state index in [0.717, 1.165) is 21.0 Å². The fourth-order valence-electron chi connectivity index (χ4n) is 8.76. The summed E-state index contributed by atoms with van der Waals surface area (Å²) in [6, 6.07) is 76.6. The van der Waals surface area contributed by atoms with Crippen LogP contribution in [-0.2, 0) is 14.1 Å². The molecule has 1 nitrogen and oxygen atoms in total. The standard InChI is InChI=1S/C34H30B.C18H15OS/c1-2-3-25-35(32-22-10-16-26-13-4-7-19-29(26)32,33-23-11-17-27-14-5-8-20-30(27)33)34-24-12-18-28-15-6-9-21-31(28)34;19-20(16-10-4-1-5-11-16,17-12-6-2-7-13-17)18-14-8-3-9-15-18/h4-24H,2-3,25H2,1H3;1-15H/q-1;+1. The third-order valence-corrected chi connectivity index (χ3v) is 14.1. The smallest absolute Gasteiger partial charge is 0.182 e. The van der Waals surface area contributed by atoms with E-state index in [1.54, 1.807) is 0 Å². The summed E-state index contributed by atoms with van der Waals surface area (Å²) in [5.74, 6) is 0. The van der Waals surface area contributed by atoms with E-state index in [2.05, 4.69) is 134 Å². The van der Waals surface area contributed by atoms with Crippen molar-refractivity contribution in [3.05, 3.63) is 218 Å². The predicted molar refractivity (Wildman–Crippen MR) is 238 cm³/mol. The maximum atomic E-state index is 13.8. The molecule has 9 aromatic rings. The Morgan fingerprint density at radius 1 is 0.364 bits per heavy atom. The van der Waals surface area contributed by atoms with Crippen LogP contribution < -0.4 is 16.4 Å². The number of hydrogen-bond donors (Lipinski definition) is 0. The van der Waals surface area contributed by atoms with Gasteiger partial charge in [-0.15, -0.1) is 0 Å². The highest BCUT2D eigenvalue weighted by atomic mass is 32.2. The first-order chi connectivity index (χ1) is 27.1. The van der Waals surface area contributed by atoms with Gasteiger partial charge in [-0.05, 0) is 52.6 Å². The normalized spacial score (nSPS) is 11.7. The zero-order valence-corrected chi connectivity index (χ0v) is 32.1. The molecule has 0 amide bonds. The first-order valence-corrected chi connectivity index (χ1v) is 21.0. The minimum atomic E-state index is -2.43. The molecule has 0 spiro atoms. The lowest BCUT2D eigenvalue weighted by atomic mass is 9.13. The molecule has 9 rings (SSSR count). The van der Waals surface area contributed by atoms with Gasteiger partial charge in [-0.25, -0.2) is 0 Å². The van der Waals surface area contributed by atoms with Crippen molar-refractivity contribution in [2.45, 2.75) is 40.8 Å². The van der Waals surface area contributed by atoms with Crippen molar-refractivity contribution in [3.63, 3.8) is 0 Å². The van der Waals surface area contributed by atoms with Crippen LogP contribution in [0.25, 0.3) is 32.3 Å². The van der Waals surface area contributed by atoms with Gasteiger partial charge in [-0.2, -0.15) is 22.7 Å². The van der Waals surface area contributed by atoms with Gasteiger partial charge in [0.2, 0.25) is 0 Å². The molecule has 0 heterocycles. The maximum absolute atomic E-state index is 13.8. The highest BCUT2D eigenvalue weighted by Gasteiger charge is 2.37. The number of hydrogen-bond acceptors (Lipinski definition) is 1. The van der Waals surface area contributed by atoms with E-state index in [9.17, 15) is 4.21 Å². The average molecular weight is 729 g/mol. The van der Waals surface area contributed by atoms with Crippen LogP contribution in [0.5, 0.6) is 0 Å². The van der Waals surface area contributed by atoms with Crippen LogP contribution in [0.1, 0.15) is 19.8 Å². The Morgan fingerprint density at radius 2 is 0.655 bits per heavy atom. The number of benzene rings is 9. The Balaban J connectivity index is 0.000000181. The summed E-state index contributed by atoms with van der Waals surface area (Å²) in [4.78, 5) is 2.53. The van der Waals surface area contributed by atoms with Crippen molar-refractivity contribution < 1.29 is 4.21 Å². The van der Waals surface area contributed by atoms with Crippen molar-refractivity contribution in [1.82, 2.24) is 0 Å². The Hall–Kier alpha value is -6.03. The van der Waals surface area contributed by atoms with E-state index in [1.807, 2.05) is 91.0 Å². The van der Waals surface area contributed by atoms with Crippen LogP contribution in [0, 0.1) is 0 Å². The Morgan fingerprint density at radius 3 is 0.982 bits per heavy atom. The molecule has 0 saturated heterocycles. The number of unbranched alkanes of at least 4 members (excludes halogenated alkanes) is 1. The van der Waals surface area contributed by atoms with E-state index in [4.69, 9.17) is 0 Å². The molecule has 0 aliphatic rings. The second-order valence-electron chi connectivity index (χ2n) is 14.4. The molecule has 9 aromatic carbocycles. The summed E-state index contributed by atoms with van der Waals surface area (Å²) in [6.07, 6.45) is 2.21. The largest absolute Gasteiger partial charge is 0.192 e. The van der Waals surface area contributed by atoms with Crippen molar-refractivity contribution in [1.29, 1.82) is 0 Å². The monoisotopic (exact) mass is 728 g/mol. The summed E-state index contributed by atoms with van der Waals surface area (Å²) in [5, 5.41) is 8.04. The second-order valence-corrected chi connectivity index (χ2v) is 16.9. The minimum Gasteiger partial charge on any atom is -0.192 e. The lowest BCUT2D eigenvalue weighted by Gasteiger charge is -2.45. The molecule has 0 N–H and O–H groups in total. The topological polar surface area (TPSA) is 17.1 Å². The SMILES string of the molecule is CCCC[B-](c1cccc2ccccc12)(c1cccc2ccccc12)c1cccc2ccccc12.O=[S+](c1ccccc1)(c1ccccc1)c1ccccc1. The molecule has 0 atom stereocenters. The van der Waals surface area contributed by atoms with Gasteiger partial charge in [0.05, 0.1) is 6.15 Å². The van der Waals surface area contributed by atoms with Crippen molar-refractivity contribution >= 4 is 64.8 Å². The van der Waals surface area contributed by atoms with Gasteiger partial charge >= 0.3 is 0 Å². The molecule has 0 fully saturated rings.